The van der Waals surface area contributed by atoms with E-state index in [0.29, 0.717) is 24.0 Å². The van der Waals surface area contributed by atoms with Crippen LogP contribution in [0.3, 0.4) is 0 Å². The molecule has 0 spiro atoms. The highest BCUT2D eigenvalue weighted by Gasteiger charge is 2.30. The number of benzene rings is 1. The number of halogens is 1. The van der Waals surface area contributed by atoms with E-state index in [1.54, 1.807) is 13.0 Å². The third kappa shape index (κ3) is 1.86. The van der Waals surface area contributed by atoms with Gasteiger partial charge in [0.1, 0.15) is 5.82 Å². The van der Waals surface area contributed by atoms with Crippen LogP contribution in [0.15, 0.2) is 18.7 Å². The molecule has 0 aliphatic heterocycles. The van der Waals surface area contributed by atoms with Crippen LogP contribution in [0.4, 0.5) is 10.1 Å². The highest BCUT2D eigenvalue weighted by Crippen LogP contribution is 2.34. The van der Waals surface area contributed by atoms with Gasteiger partial charge >= 0.3 is 0 Å². The summed E-state index contributed by atoms with van der Waals surface area (Å²) < 4.78 is 13.5. The fourth-order valence-electron chi connectivity index (χ4n) is 2.51. The number of fused-ring (bicyclic) bond motifs is 1. The first-order chi connectivity index (χ1) is 8.06. The number of carbonyl (C=O) groups is 1. The summed E-state index contributed by atoms with van der Waals surface area (Å²) in [5.74, 6) is -0.338. The van der Waals surface area contributed by atoms with Crippen LogP contribution in [-0.2, 0) is 6.42 Å². The van der Waals surface area contributed by atoms with Gasteiger partial charge in [-0.3, -0.25) is 4.79 Å². The Labute approximate surface area is 100 Å². The van der Waals surface area contributed by atoms with Gasteiger partial charge in [0.05, 0.1) is 0 Å². The normalized spacial score (nSPS) is 18.9. The molecule has 90 valence electrons. The van der Waals surface area contributed by atoms with Crippen molar-refractivity contribution in [3.05, 3.63) is 41.2 Å². The SMILES string of the molecule is C=CCC1CCc2c(C)c(F)cc(N)c2C1=O. The quantitative estimate of drug-likeness (QED) is 0.630. The summed E-state index contributed by atoms with van der Waals surface area (Å²) in [6, 6.07) is 1.25. The molecule has 1 aromatic carbocycles. The van der Waals surface area contributed by atoms with Crippen LogP contribution >= 0.6 is 0 Å². The first-order valence-electron chi connectivity index (χ1n) is 5.78. The molecular weight excluding hydrogens is 217 g/mol. The van der Waals surface area contributed by atoms with Crippen LogP contribution in [-0.4, -0.2) is 5.78 Å². The number of hydrogen-bond acceptors (Lipinski definition) is 2. The van der Waals surface area contributed by atoms with E-state index in [2.05, 4.69) is 6.58 Å². The van der Waals surface area contributed by atoms with Gasteiger partial charge in [0.25, 0.3) is 0 Å². The van der Waals surface area contributed by atoms with Crippen molar-refractivity contribution in [1.29, 1.82) is 0 Å². The summed E-state index contributed by atoms with van der Waals surface area (Å²) in [4.78, 5) is 12.2. The third-order valence-electron chi connectivity index (χ3n) is 3.49. The molecule has 0 saturated carbocycles. The largest absolute Gasteiger partial charge is 0.398 e. The summed E-state index contributed by atoms with van der Waals surface area (Å²) in [5, 5.41) is 0. The smallest absolute Gasteiger partial charge is 0.168 e. The van der Waals surface area contributed by atoms with Crippen molar-refractivity contribution in [3.63, 3.8) is 0 Å². The summed E-state index contributed by atoms with van der Waals surface area (Å²) in [5.41, 5.74) is 7.91. The minimum Gasteiger partial charge on any atom is -0.398 e. The van der Waals surface area contributed by atoms with E-state index in [-0.39, 0.29) is 23.2 Å². The van der Waals surface area contributed by atoms with E-state index in [1.807, 2.05) is 0 Å². The van der Waals surface area contributed by atoms with Gasteiger partial charge in [-0.25, -0.2) is 4.39 Å². The topological polar surface area (TPSA) is 43.1 Å². The summed E-state index contributed by atoms with van der Waals surface area (Å²) >= 11 is 0. The predicted octanol–water partition coefficient (Wildman–Crippen LogP) is 3.04. The number of hydrogen-bond donors (Lipinski definition) is 1. The maximum absolute atomic E-state index is 13.5. The van der Waals surface area contributed by atoms with Crippen LogP contribution in [0.5, 0.6) is 0 Å². The molecule has 1 aliphatic carbocycles. The Balaban J connectivity index is 2.53. The van der Waals surface area contributed by atoms with Crippen molar-refractivity contribution < 1.29 is 9.18 Å². The van der Waals surface area contributed by atoms with Crippen LogP contribution in [0, 0.1) is 18.7 Å². The Kier molecular flexibility index (Phi) is 3.01. The Morgan fingerprint density at radius 3 is 3.00 bits per heavy atom. The van der Waals surface area contributed by atoms with E-state index in [4.69, 9.17) is 5.73 Å². The zero-order valence-corrected chi connectivity index (χ0v) is 9.92. The van der Waals surface area contributed by atoms with E-state index in [0.717, 1.165) is 12.0 Å². The van der Waals surface area contributed by atoms with E-state index < -0.39 is 0 Å². The lowest BCUT2D eigenvalue weighted by Crippen LogP contribution is -2.24. The summed E-state index contributed by atoms with van der Waals surface area (Å²) in [7, 11) is 0. The second-order valence-corrected chi connectivity index (χ2v) is 4.55. The fraction of sp³-hybridized carbons (Fsp3) is 0.357. The van der Waals surface area contributed by atoms with Gasteiger partial charge in [0.15, 0.2) is 5.78 Å². The molecule has 0 bridgehead atoms. The van der Waals surface area contributed by atoms with Crippen LogP contribution in [0.2, 0.25) is 0 Å². The molecule has 17 heavy (non-hydrogen) atoms. The Morgan fingerprint density at radius 1 is 1.65 bits per heavy atom. The van der Waals surface area contributed by atoms with Gasteiger partial charge in [-0.1, -0.05) is 6.08 Å². The molecule has 1 aromatic rings. The molecular formula is C14H16FNO. The van der Waals surface area contributed by atoms with Crippen molar-refractivity contribution in [3.8, 4) is 0 Å². The Bertz CT molecular complexity index is 493. The molecule has 0 fully saturated rings. The molecule has 0 saturated heterocycles. The summed E-state index contributed by atoms with van der Waals surface area (Å²) in [6.07, 6.45) is 3.88. The van der Waals surface area contributed by atoms with Crippen molar-refractivity contribution in [2.45, 2.75) is 26.2 Å². The predicted molar refractivity (Wildman–Crippen MR) is 66.5 cm³/mol. The molecule has 1 unspecified atom stereocenters. The fourth-order valence-corrected chi connectivity index (χ4v) is 2.51. The molecule has 2 nitrogen and oxygen atoms in total. The lowest BCUT2D eigenvalue weighted by molar-refractivity contribution is 0.0904. The monoisotopic (exact) mass is 233 g/mol. The second-order valence-electron chi connectivity index (χ2n) is 4.55. The van der Waals surface area contributed by atoms with Gasteiger partial charge in [-0.15, -0.1) is 6.58 Å². The van der Waals surface area contributed by atoms with Crippen LogP contribution < -0.4 is 5.73 Å². The maximum Gasteiger partial charge on any atom is 0.168 e. The molecule has 2 rings (SSSR count). The average molecular weight is 233 g/mol. The highest BCUT2D eigenvalue weighted by molar-refractivity contribution is 6.05. The molecule has 0 heterocycles. The first-order valence-corrected chi connectivity index (χ1v) is 5.78. The molecule has 2 N–H and O–H groups in total. The number of carbonyl (C=O) groups excluding carboxylic acids is 1. The van der Waals surface area contributed by atoms with Crippen molar-refractivity contribution in [2.24, 2.45) is 5.92 Å². The van der Waals surface area contributed by atoms with Crippen LogP contribution in [0.25, 0.3) is 0 Å². The lowest BCUT2D eigenvalue weighted by atomic mass is 9.78. The lowest BCUT2D eigenvalue weighted by Gasteiger charge is -2.25. The van der Waals surface area contributed by atoms with Crippen LogP contribution in [0.1, 0.15) is 34.3 Å². The standard InChI is InChI=1S/C14H16FNO/c1-3-4-9-5-6-10-8(2)11(15)7-12(16)13(10)14(9)17/h3,7,9H,1,4-6,16H2,2H3. The molecule has 0 amide bonds. The number of rotatable bonds is 2. The number of anilines is 1. The van der Waals surface area contributed by atoms with Gasteiger partial charge in [-0.05, 0) is 43.4 Å². The summed E-state index contributed by atoms with van der Waals surface area (Å²) in [6.45, 7) is 5.36. The Hall–Kier alpha value is -1.64. The first kappa shape index (κ1) is 11.8. The molecule has 0 radical (unpaired) electrons. The maximum atomic E-state index is 13.5. The molecule has 1 aliphatic rings. The number of allylic oxidation sites excluding steroid dienone is 1. The number of nitrogen functional groups attached to an aromatic ring is 1. The zero-order valence-electron chi connectivity index (χ0n) is 9.92. The minimum absolute atomic E-state index is 0.0340. The van der Waals surface area contributed by atoms with Crippen molar-refractivity contribution in [2.75, 3.05) is 5.73 Å². The van der Waals surface area contributed by atoms with Gasteiger partial charge < -0.3 is 5.73 Å². The zero-order chi connectivity index (χ0) is 12.6. The minimum atomic E-state index is -0.323. The highest BCUT2D eigenvalue weighted by atomic mass is 19.1. The van der Waals surface area contributed by atoms with E-state index >= 15 is 0 Å². The Morgan fingerprint density at radius 2 is 2.35 bits per heavy atom. The van der Waals surface area contributed by atoms with Crippen molar-refractivity contribution >= 4 is 11.5 Å². The number of ketones is 1. The van der Waals surface area contributed by atoms with E-state index in [9.17, 15) is 9.18 Å². The van der Waals surface area contributed by atoms with Gasteiger partial charge in [-0.2, -0.15) is 0 Å². The van der Waals surface area contributed by atoms with Gasteiger partial charge in [0, 0.05) is 17.2 Å². The third-order valence-corrected chi connectivity index (χ3v) is 3.49. The van der Waals surface area contributed by atoms with Crippen molar-refractivity contribution in [1.82, 2.24) is 0 Å². The van der Waals surface area contributed by atoms with E-state index in [1.165, 1.54) is 6.07 Å². The second kappa shape index (κ2) is 4.32. The van der Waals surface area contributed by atoms with Gasteiger partial charge in [0.2, 0.25) is 0 Å². The molecule has 1 atom stereocenters. The average Bonchev–Trinajstić information content (AvgIpc) is 2.29. The number of Topliss-reactive ketones (excluding diaryl/α,β-unsaturated/α-hetero) is 1. The number of nitrogens with two attached hydrogens (primary N) is 1. The molecule has 3 heteroatoms. The molecule has 0 aromatic heterocycles.